The third-order valence-corrected chi connectivity index (χ3v) is 3.21. The first-order valence-corrected chi connectivity index (χ1v) is 6.53. The topological polar surface area (TPSA) is 29.9 Å². The van der Waals surface area contributed by atoms with Crippen molar-refractivity contribution in [3.05, 3.63) is 53.6 Å². The van der Waals surface area contributed by atoms with Crippen LogP contribution in [-0.4, -0.2) is 15.8 Å². The van der Waals surface area contributed by atoms with E-state index >= 15 is 0 Å². The van der Waals surface area contributed by atoms with Gasteiger partial charge < -0.3 is 5.32 Å². The Morgan fingerprint density at radius 3 is 2.53 bits per heavy atom. The fourth-order valence-electron chi connectivity index (χ4n) is 2.22. The predicted octanol–water partition coefficient (Wildman–Crippen LogP) is 2.84. The van der Waals surface area contributed by atoms with E-state index in [0.29, 0.717) is 6.04 Å². The lowest BCUT2D eigenvalue weighted by Crippen LogP contribution is -2.30. The van der Waals surface area contributed by atoms with Crippen molar-refractivity contribution >= 4 is 0 Å². The summed E-state index contributed by atoms with van der Waals surface area (Å²) in [7, 11) is 1.91. The van der Waals surface area contributed by atoms with Crippen LogP contribution in [0.25, 0.3) is 0 Å². The highest BCUT2D eigenvalue weighted by Gasteiger charge is 2.11. The molecule has 1 aromatic heterocycles. The summed E-state index contributed by atoms with van der Waals surface area (Å²) in [6, 6.07) is 7.26. The Kier molecular flexibility index (Phi) is 4.32. The fraction of sp³-hybridized carbons (Fsp3) is 0.400. The number of hydrogen-bond acceptors (Lipinski definition) is 2. The molecule has 2 unspecified atom stereocenters. The van der Waals surface area contributed by atoms with Gasteiger partial charge in [-0.3, -0.25) is 4.68 Å². The summed E-state index contributed by atoms with van der Waals surface area (Å²) in [6.07, 6.45) is 4.77. The van der Waals surface area contributed by atoms with E-state index in [-0.39, 0.29) is 11.9 Å². The zero-order valence-corrected chi connectivity index (χ0v) is 11.6. The van der Waals surface area contributed by atoms with Gasteiger partial charge in [0, 0.05) is 30.9 Å². The number of aryl methyl sites for hydroxylation is 1. The minimum atomic E-state index is -0.187. The molecule has 2 aromatic rings. The Balaban J connectivity index is 1.90. The number of halogens is 1. The van der Waals surface area contributed by atoms with Crippen molar-refractivity contribution < 1.29 is 4.39 Å². The second kappa shape index (κ2) is 5.97. The second-order valence-corrected chi connectivity index (χ2v) is 5.07. The average Bonchev–Trinajstić information content (AvgIpc) is 2.79. The minimum absolute atomic E-state index is 0.187. The zero-order chi connectivity index (χ0) is 13.8. The molecule has 0 saturated heterocycles. The molecule has 0 saturated carbocycles. The van der Waals surface area contributed by atoms with Crippen LogP contribution < -0.4 is 5.32 Å². The maximum atomic E-state index is 12.8. The highest BCUT2D eigenvalue weighted by Crippen LogP contribution is 2.13. The summed E-state index contributed by atoms with van der Waals surface area (Å²) in [6.45, 7) is 4.26. The van der Waals surface area contributed by atoms with Crippen molar-refractivity contribution in [2.45, 2.75) is 32.4 Å². The largest absolute Gasteiger partial charge is 0.307 e. The molecule has 0 fully saturated rings. The van der Waals surface area contributed by atoms with Gasteiger partial charge in [0.1, 0.15) is 5.82 Å². The van der Waals surface area contributed by atoms with E-state index in [2.05, 4.69) is 24.3 Å². The molecule has 3 nitrogen and oxygen atoms in total. The van der Waals surface area contributed by atoms with Crippen LogP contribution in [0, 0.1) is 5.82 Å². The van der Waals surface area contributed by atoms with Gasteiger partial charge in [0.2, 0.25) is 0 Å². The summed E-state index contributed by atoms with van der Waals surface area (Å²) in [5, 5.41) is 7.70. The van der Waals surface area contributed by atoms with Crippen LogP contribution in [0.1, 0.15) is 31.0 Å². The molecule has 0 spiro atoms. The van der Waals surface area contributed by atoms with E-state index in [0.717, 1.165) is 12.0 Å². The molecule has 2 rings (SSSR count). The predicted molar refractivity (Wildman–Crippen MR) is 74.3 cm³/mol. The van der Waals surface area contributed by atoms with E-state index in [4.69, 9.17) is 0 Å². The normalized spacial score (nSPS) is 14.3. The number of rotatable bonds is 5. The minimum Gasteiger partial charge on any atom is -0.307 e. The number of aromatic nitrogens is 2. The summed E-state index contributed by atoms with van der Waals surface area (Å²) < 4.78 is 14.6. The Hall–Kier alpha value is -1.68. The summed E-state index contributed by atoms with van der Waals surface area (Å²) >= 11 is 0. The van der Waals surface area contributed by atoms with Gasteiger partial charge in [-0.05, 0) is 38.0 Å². The molecule has 102 valence electrons. The first-order valence-electron chi connectivity index (χ1n) is 6.53. The quantitative estimate of drug-likeness (QED) is 0.897. The van der Waals surface area contributed by atoms with Crippen LogP contribution in [0.3, 0.4) is 0 Å². The van der Waals surface area contributed by atoms with Crippen molar-refractivity contribution in [2.75, 3.05) is 0 Å². The van der Waals surface area contributed by atoms with E-state index in [1.807, 2.05) is 31.6 Å². The Morgan fingerprint density at radius 1 is 1.26 bits per heavy atom. The van der Waals surface area contributed by atoms with Crippen LogP contribution in [0.2, 0.25) is 0 Å². The molecule has 1 aromatic carbocycles. The Morgan fingerprint density at radius 2 is 1.95 bits per heavy atom. The summed E-state index contributed by atoms with van der Waals surface area (Å²) in [5.74, 6) is -0.187. The van der Waals surface area contributed by atoms with Gasteiger partial charge in [0.05, 0.1) is 6.20 Å². The third kappa shape index (κ3) is 3.89. The standard InChI is InChI=1S/C15H20FN3/c1-11(8-13-4-6-15(16)7-5-13)18-12(2)14-9-17-19(3)10-14/h4-7,9-12,18H,8H2,1-3H3. The molecule has 2 atom stereocenters. The van der Waals surface area contributed by atoms with Crippen molar-refractivity contribution in [3.8, 4) is 0 Å². The third-order valence-electron chi connectivity index (χ3n) is 3.21. The SMILES string of the molecule is CC(Cc1ccc(F)cc1)NC(C)c1cnn(C)c1. The second-order valence-electron chi connectivity index (χ2n) is 5.07. The molecule has 0 amide bonds. The first kappa shape index (κ1) is 13.7. The average molecular weight is 261 g/mol. The Labute approximate surface area is 113 Å². The molecular formula is C15H20FN3. The van der Waals surface area contributed by atoms with Gasteiger partial charge in [-0.1, -0.05) is 12.1 Å². The molecule has 4 heteroatoms. The van der Waals surface area contributed by atoms with Crippen LogP contribution in [0.4, 0.5) is 4.39 Å². The number of hydrogen-bond donors (Lipinski definition) is 1. The fourth-order valence-corrected chi connectivity index (χ4v) is 2.22. The van der Waals surface area contributed by atoms with Crippen molar-refractivity contribution in [3.63, 3.8) is 0 Å². The molecule has 0 aliphatic carbocycles. The van der Waals surface area contributed by atoms with Crippen LogP contribution in [0.15, 0.2) is 36.7 Å². The molecule has 0 aliphatic heterocycles. The van der Waals surface area contributed by atoms with E-state index in [1.165, 1.54) is 17.7 Å². The monoisotopic (exact) mass is 261 g/mol. The van der Waals surface area contributed by atoms with E-state index in [1.54, 1.807) is 4.68 Å². The molecule has 0 bridgehead atoms. The smallest absolute Gasteiger partial charge is 0.123 e. The number of nitrogens with zero attached hydrogens (tertiary/aromatic N) is 2. The van der Waals surface area contributed by atoms with Gasteiger partial charge in [-0.15, -0.1) is 0 Å². The molecular weight excluding hydrogens is 241 g/mol. The molecule has 0 radical (unpaired) electrons. The van der Waals surface area contributed by atoms with Crippen LogP contribution in [0.5, 0.6) is 0 Å². The lowest BCUT2D eigenvalue weighted by atomic mass is 10.1. The maximum absolute atomic E-state index is 12.8. The van der Waals surface area contributed by atoms with Gasteiger partial charge in [-0.2, -0.15) is 5.10 Å². The highest BCUT2D eigenvalue weighted by molar-refractivity contribution is 5.17. The zero-order valence-electron chi connectivity index (χ0n) is 11.6. The number of benzene rings is 1. The van der Waals surface area contributed by atoms with Crippen molar-refractivity contribution in [2.24, 2.45) is 7.05 Å². The summed E-state index contributed by atoms with van der Waals surface area (Å²) in [5.41, 5.74) is 2.31. The van der Waals surface area contributed by atoms with Gasteiger partial charge in [0.25, 0.3) is 0 Å². The summed E-state index contributed by atoms with van der Waals surface area (Å²) in [4.78, 5) is 0. The first-order chi connectivity index (χ1) is 9.04. The lowest BCUT2D eigenvalue weighted by molar-refractivity contribution is 0.476. The lowest BCUT2D eigenvalue weighted by Gasteiger charge is -2.19. The van der Waals surface area contributed by atoms with Gasteiger partial charge in [0.15, 0.2) is 0 Å². The Bertz CT molecular complexity index is 518. The van der Waals surface area contributed by atoms with Crippen LogP contribution >= 0.6 is 0 Å². The molecule has 1 N–H and O–H groups in total. The van der Waals surface area contributed by atoms with Gasteiger partial charge >= 0.3 is 0 Å². The maximum Gasteiger partial charge on any atom is 0.123 e. The van der Waals surface area contributed by atoms with Crippen molar-refractivity contribution in [1.82, 2.24) is 15.1 Å². The van der Waals surface area contributed by atoms with Gasteiger partial charge in [-0.25, -0.2) is 4.39 Å². The number of nitrogens with one attached hydrogen (secondary N) is 1. The van der Waals surface area contributed by atoms with E-state index in [9.17, 15) is 4.39 Å². The van der Waals surface area contributed by atoms with Crippen molar-refractivity contribution in [1.29, 1.82) is 0 Å². The highest BCUT2D eigenvalue weighted by atomic mass is 19.1. The molecule has 0 aliphatic rings. The molecule has 19 heavy (non-hydrogen) atoms. The van der Waals surface area contributed by atoms with Crippen LogP contribution in [-0.2, 0) is 13.5 Å². The van der Waals surface area contributed by atoms with E-state index < -0.39 is 0 Å². The molecule has 1 heterocycles.